The zero-order chi connectivity index (χ0) is 40.0. The van der Waals surface area contributed by atoms with Crippen LogP contribution in [0.25, 0.3) is 116 Å². The molecule has 0 aliphatic heterocycles. The van der Waals surface area contributed by atoms with Crippen molar-refractivity contribution in [2.24, 2.45) is 0 Å². The third-order valence-electron chi connectivity index (χ3n) is 12.3. The Hall–Kier alpha value is -8.35. The van der Waals surface area contributed by atoms with Crippen LogP contribution in [-0.4, -0.2) is 28.7 Å². The van der Waals surface area contributed by atoms with Crippen LogP contribution in [0.1, 0.15) is 0 Å². The van der Waals surface area contributed by atoms with E-state index in [1.54, 1.807) is 0 Å². The summed E-state index contributed by atoms with van der Waals surface area (Å²) in [5.74, 6) is 1.83. The van der Waals surface area contributed by atoms with E-state index >= 15 is 0 Å². The Labute approximate surface area is 349 Å². The molecule has 0 atom stereocenters. The molecule has 9 aromatic carbocycles. The molecule has 0 spiro atoms. The number of rotatable bonds is 5. The molecule has 0 saturated heterocycles. The van der Waals surface area contributed by atoms with Crippen molar-refractivity contribution in [3.63, 3.8) is 0 Å². The lowest BCUT2D eigenvalue weighted by atomic mass is 9.98. The summed E-state index contributed by atoms with van der Waals surface area (Å²) in [4.78, 5) is 15.5. The van der Waals surface area contributed by atoms with E-state index in [9.17, 15) is 0 Å². The maximum absolute atomic E-state index is 5.23. The van der Waals surface area contributed by atoms with E-state index in [2.05, 4.69) is 184 Å². The molecule has 0 bridgehead atoms. The Morgan fingerprint density at radius 3 is 1.33 bits per heavy atom. The van der Waals surface area contributed by atoms with E-state index in [1.165, 1.54) is 54.3 Å². The fourth-order valence-electron chi connectivity index (χ4n) is 9.73. The van der Waals surface area contributed by atoms with E-state index in [-0.39, 0.29) is 0 Å². The first-order valence-corrected chi connectivity index (χ1v) is 20.6. The Balaban J connectivity index is 1.20. The molecule has 0 unspecified atom stereocenters. The van der Waals surface area contributed by atoms with Crippen molar-refractivity contribution >= 4 is 76.2 Å². The van der Waals surface area contributed by atoms with Gasteiger partial charge in [-0.05, 0) is 60.0 Å². The normalized spacial score (nSPS) is 11.9. The van der Waals surface area contributed by atoms with Crippen LogP contribution in [0.15, 0.2) is 206 Å². The van der Waals surface area contributed by atoms with Crippen LogP contribution in [0.5, 0.6) is 0 Å². The van der Waals surface area contributed by atoms with Crippen molar-refractivity contribution in [1.82, 2.24) is 28.7 Å². The quantitative estimate of drug-likeness (QED) is 0.175. The Kier molecular flexibility index (Phi) is 7.21. The number of aromatic nitrogens is 6. The third kappa shape index (κ3) is 4.93. The fourth-order valence-corrected chi connectivity index (χ4v) is 9.73. The van der Waals surface area contributed by atoms with Crippen LogP contribution < -0.4 is 0 Å². The van der Waals surface area contributed by atoms with Gasteiger partial charge < -0.3 is 9.13 Å². The molecular weight excluding hydrogens is 745 g/mol. The van der Waals surface area contributed by atoms with Crippen molar-refractivity contribution < 1.29 is 0 Å². The summed E-state index contributed by atoms with van der Waals surface area (Å²) >= 11 is 0. The number of benzene rings is 9. The molecule has 61 heavy (non-hydrogen) atoms. The molecule has 0 aliphatic carbocycles. The number of hydrogen-bond acceptors (Lipinski definition) is 3. The minimum absolute atomic E-state index is 0.576. The van der Waals surface area contributed by atoms with Gasteiger partial charge in [-0.1, -0.05) is 152 Å². The SMILES string of the molecule is c1ccc(-c2nc(-c3ccccc3)nc(-n3c4ccccc4c4c5c(ccc43)ccc3c5c4ccc5c(c6ccccc6n5-c5ccccc5)c4n3-c3ccccc3)n2)cc1. The third-order valence-corrected chi connectivity index (χ3v) is 12.3. The highest BCUT2D eigenvalue weighted by atomic mass is 15.2. The summed E-state index contributed by atoms with van der Waals surface area (Å²) in [5, 5.41) is 9.55. The average molecular weight is 779 g/mol. The van der Waals surface area contributed by atoms with Crippen LogP contribution in [0, 0.1) is 0 Å². The van der Waals surface area contributed by atoms with Crippen LogP contribution >= 0.6 is 0 Å². The fraction of sp³-hybridized carbons (Fsp3) is 0. The van der Waals surface area contributed by atoms with E-state index in [1.807, 2.05) is 36.4 Å². The first-order chi connectivity index (χ1) is 30.3. The summed E-state index contributed by atoms with van der Waals surface area (Å²) in [6.45, 7) is 0. The second-order valence-electron chi connectivity index (χ2n) is 15.6. The van der Waals surface area contributed by atoms with Gasteiger partial charge in [0.25, 0.3) is 0 Å². The number of nitrogens with zero attached hydrogens (tertiary/aromatic N) is 6. The molecular formula is C55H34N6. The largest absolute Gasteiger partial charge is 0.309 e. The Morgan fingerprint density at radius 2 is 0.721 bits per heavy atom. The van der Waals surface area contributed by atoms with Gasteiger partial charge in [-0.15, -0.1) is 0 Å². The molecule has 6 heteroatoms. The van der Waals surface area contributed by atoms with Crippen LogP contribution in [0.4, 0.5) is 0 Å². The second-order valence-corrected chi connectivity index (χ2v) is 15.6. The average Bonchev–Trinajstić information content (AvgIpc) is 3.98. The number of hydrogen-bond donors (Lipinski definition) is 0. The van der Waals surface area contributed by atoms with E-state index in [4.69, 9.17) is 15.0 Å². The molecule has 6 nitrogen and oxygen atoms in total. The molecule has 13 rings (SSSR count). The highest BCUT2D eigenvalue weighted by Gasteiger charge is 2.25. The lowest BCUT2D eigenvalue weighted by molar-refractivity contribution is 0.953. The molecule has 0 saturated carbocycles. The molecule has 4 aromatic heterocycles. The van der Waals surface area contributed by atoms with Gasteiger partial charge in [-0.3, -0.25) is 4.57 Å². The van der Waals surface area contributed by atoms with Crippen LogP contribution in [0.2, 0.25) is 0 Å². The Bertz CT molecular complexity index is 3790. The lowest BCUT2D eigenvalue weighted by Crippen LogP contribution is -2.06. The molecule has 0 fully saturated rings. The zero-order valence-electron chi connectivity index (χ0n) is 32.8. The molecule has 4 heterocycles. The number of para-hydroxylation sites is 4. The van der Waals surface area contributed by atoms with E-state index in [0.29, 0.717) is 17.6 Å². The minimum Gasteiger partial charge on any atom is -0.309 e. The monoisotopic (exact) mass is 778 g/mol. The molecule has 0 radical (unpaired) electrons. The molecule has 0 N–H and O–H groups in total. The first kappa shape index (κ1) is 33.6. The van der Waals surface area contributed by atoms with Gasteiger partial charge in [0.1, 0.15) is 0 Å². The summed E-state index contributed by atoms with van der Waals surface area (Å²) in [6, 6.07) is 73.1. The second kappa shape index (κ2) is 13.1. The van der Waals surface area contributed by atoms with Crippen LogP contribution in [-0.2, 0) is 0 Å². The minimum atomic E-state index is 0.576. The van der Waals surface area contributed by atoms with E-state index < -0.39 is 0 Å². The Morgan fingerprint density at radius 1 is 0.279 bits per heavy atom. The zero-order valence-corrected chi connectivity index (χ0v) is 32.8. The molecule has 13 aromatic rings. The standard InChI is InChI=1S/C55H34N6/c1-5-17-36(18-6-1)53-56-54(37-19-7-2-8-20-37)58-55(57-53)61-44-28-16-13-25-40(44)49-46(61)33-30-35-29-32-45-50(48(35)49)42-31-34-47-51(52(42)60(45)39-23-11-4-12-24-39)41-26-14-15-27-43(41)59(47)38-21-9-3-10-22-38/h1-34H. The number of fused-ring (bicyclic) bond motifs is 13. The van der Waals surface area contributed by atoms with E-state index in [0.717, 1.165) is 44.4 Å². The predicted molar refractivity (Wildman–Crippen MR) is 251 cm³/mol. The van der Waals surface area contributed by atoms with Crippen LogP contribution in [0.3, 0.4) is 0 Å². The van der Waals surface area contributed by atoms with Crippen molar-refractivity contribution in [3.8, 4) is 40.1 Å². The molecule has 284 valence electrons. The smallest absolute Gasteiger partial charge is 0.238 e. The molecule has 0 amide bonds. The van der Waals surface area contributed by atoms with Gasteiger partial charge in [0, 0.05) is 60.2 Å². The van der Waals surface area contributed by atoms with Gasteiger partial charge >= 0.3 is 0 Å². The van der Waals surface area contributed by atoms with Gasteiger partial charge in [-0.25, -0.2) is 4.98 Å². The topological polar surface area (TPSA) is 53.5 Å². The van der Waals surface area contributed by atoms with Gasteiger partial charge in [0.2, 0.25) is 5.95 Å². The van der Waals surface area contributed by atoms with Crippen molar-refractivity contribution in [3.05, 3.63) is 206 Å². The lowest BCUT2D eigenvalue weighted by Gasteiger charge is -2.11. The highest BCUT2D eigenvalue weighted by Crippen LogP contribution is 2.47. The van der Waals surface area contributed by atoms with Gasteiger partial charge in [-0.2, -0.15) is 9.97 Å². The molecule has 0 aliphatic rings. The van der Waals surface area contributed by atoms with Crippen molar-refractivity contribution in [2.75, 3.05) is 0 Å². The van der Waals surface area contributed by atoms with Crippen molar-refractivity contribution in [1.29, 1.82) is 0 Å². The summed E-state index contributed by atoms with van der Waals surface area (Å²) in [7, 11) is 0. The summed E-state index contributed by atoms with van der Waals surface area (Å²) in [6.07, 6.45) is 0. The maximum Gasteiger partial charge on any atom is 0.238 e. The van der Waals surface area contributed by atoms with Crippen molar-refractivity contribution in [2.45, 2.75) is 0 Å². The summed E-state index contributed by atoms with van der Waals surface area (Å²) in [5.41, 5.74) is 10.9. The van der Waals surface area contributed by atoms with Gasteiger partial charge in [0.15, 0.2) is 11.6 Å². The van der Waals surface area contributed by atoms with Gasteiger partial charge in [0.05, 0.1) is 33.1 Å². The first-order valence-electron chi connectivity index (χ1n) is 20.6. The highest BCUT2D eigenvalue weighted by molar-refractivity contribution is 6.36. The predicted octanol–water partition coefficient (Wildman–Crippen LogP) is 13.7. The summed E-state index contributed by atoms with van der Waals surface area (Å²) < 4.78 is 7.12. The maximum atomic E-state index is 5.23.